The van der Waals surface area contributed by atoms with Crippen LogP contribution in [0.5, 0.6) is 0 Å². The van der Waals surface area contributed by atoms with Crippen LogP contribution < -0.4 is 9.73 Å². The monoisotopic (exact) mass is 402 g/mol. The lowest BCUT2D eigenvalue weighted by Crippen LogP contribution is -2.26. The highest BCUT2D eigenvalue weighted by Crippen LogP contribution is 2.26. The van der Waals surface area contributed by atoms with Gasteiger partial charge in [0.1, 0.15) is 0 Å². The van der Waals surface area contributed by atoms with E-state index in [2.05, 4.69) is 10.5 Å². The molecule has 1 heterocycles. The molecule has 0 saturated carbocycles. The average molecular weight is 403 g/mol. The molecule has 0 atom stereocenters. The predicted octanol–water partition coefficient (Wildman–Crippen LogP) is 3.43. The minimum Gasteiger partial charge on any atom is -0.274 e. The van der Waals surface area contributed by atoms with Gasteiger partial charge in [-0.25, -0.2) is 13.4 Å². The number of anilines is 1. The van der Waals surface area contributed by atoms with Crippen molar-refractivity contribution in [3.8, 4) is 0 Å². The molecule has 0 aromatic heterocycles. The Morgan fingerprint density at radius 3 is 2.26 bits per heavy atom. The number of aliphatic imine (C=N–C) groups is 1. The van der Waals surface area contributed by atoms with E-state index in [9.17, 15) is 8.42 Å². The van der Waals surface area contributed by atoms with Crippen LogP contribution in [-0.4, -0.2) is 38.4 Å². The Morgan fingerprint density at radius 1 is 1.11 bits per heavy atom. The second-order valence-corrected chi connectivity index (χ2v) is 9.37. The SMILES string of the molecule is Cc1cccc(C)c1N=C1NN=C(c2ccc(N(C)S(C)(=O)=O)cc2)CS1. The second-order valence-electron chi connectivity index (χ2n) is 6.39. The first kappa shape index (κ1) is 19.4. The number of amidine groups is 1. The maximum atomic E-state index is 11.6. The fraction of sp³-hybridized carbons (Fsp3) is 0.263. The van der Waals surface area contributed by atoms with Gasteiger partial charge in [-0.15, -0.1) is 0 Å². The standard InChI is InChI=1S/C19H22N4O2S2/c1-13-6-5-7-14(2)18(13)20-19-22-21-17(12-26-19)15-8-10-16(11-9-15)23(3)27(4,24)25/h5-11H,12H2,1-4H3,(H,20,22). The summed E-state index contributed by atoms with van der Waals surface area (Å²) >= 11 is 1.59. The minimum absolute atomic E-state index is 0.621. The van der Waals surface area contributed by atoms with E-state index in [0.29, 0.717) is 11.4 Å². The van der Waals surface area contributed by atoms with Gasteiger partial charge in [0.05, 0.1) is 23.3 Å². The number of hydrogen-bond donors (Lipinski definition) is 1. The van der Waals surface area contributed by atoms with Crippen LogP contribution in [0.4, 0.5) is 11.4 Å². The van der Waals surface area contributed by atoms with Crippen LogP contribution >= 0.6 is 11.8 Å². The maximum Gasteiger partial charge on any atom is 0.231 e. The minimum atomic E-state index is -3.27. The zero-order valence-corrected chi connectivity index (χ0v) is 17.4. The fourth-order valence-corrected chi connectivity index (χ4v) is 3.94. The van der Waals surface area contributed by atoms with E-state index in [1.54, 1.807) is 23.9 Å². The van der Waals surface area contributed by atoms with E-state index in [-0.39, 0.29) is 0 Å². The summed E-state index contributed by atoms with van der Waals surface area (Å²) in [6.07, 6.45) is 1.18. The molecule has 8 heteroatoms. The highest BCUT2D eigenvalue weighted by Gasteiger charge is 2.16. The lowest BCUT2D eigenvalue weighted by atomic mass is 10.1. The summed E-state index contributed by atoms with van der Waals surface area (Å²) in [7, 11) is -1.73. The zero-order chi connectivity index (χ0) is 19.6. The molecule has 1 aliphatic rings. The molecule has 0 radical (unpaired) electrons. The third-order valence-electron chi connectivity index (χ3n) is 4.35. The second kappa shape index (κ2) is 7.74. The molecule has 0 bridgehead atoms. The topological polar surface area (TPSA) is 74.1 Å². The van der Waals surface area contributed by atoms with Gasteiger partial charge in [0.15, 0.2) is 5.17 Å². The molecule has 3 rings (SSSR count). The number of hydrogen-bond acceptors (Lipinski definition) is 5. The van der Waals surface area contributed by atoms with Crippen molar-refractivity contribution >= 4 is 44.0 Å². The maximum absolute atomic E-state index is 11.6. The molecular weight excluding hydrogens is 380 g/mol. The number of para-hydroxylation sites is 1. The Kier molecular flexibility index (Phi) is 5.57. The van der Waals surface area contributed by atoms with Crippen molar-refractivity contribution < 1.29 is 8.42 Å². The van der Waals surface area contributed by atoms with Gasteiger partial charge in [0, 0.05) is 12.8 Å². The van der Waals surface area contributed by atoms with Gasteiger partial charge in [-0.1, -0.05) is 42.1 Å². The zero-order valence-electron chi connectivity index (χ0n) is 15.7. The van der Waals surface area contributed by atoms with Crippen LogP contribution in [0.25, 0.3) is 0 Å². The van der Waals surface area contributed by atoms with E-state index < -0.39 is 10.0 Å². The lowest BCUT2D eigenvalue weighted by molar-refractivity contribution is 0.600. The van der Waals surface area contributed by atoms with Gasteiger partial charge >= 0.3 is 0 Å². The number of aryl methyl sites for hydroxylation is 2. The van der Waals surface area contributed by atoms with Gasteiger partial charge in [0.2, 0.25) is 10.0 Å². The van der Waals surface area contributed by atoms with E-state index in [1.807, 2.05) is 44.2 Å². The Hall–Kier alpha value is -2.32. The molecule has 0 amide bonds. The summed E-state index contributed by atoms with van der Waals surface area (Å²) in [5, 5.41) is 5.21. The molecule has 1 N–H and O–H groups in total. The molecule has 142 valence electrons. The molecule has 2 aromatic rings. The predicted molar refractivity (Wildman–Crippen MR) is 115 cm³/mol. The van der Waals surface area contributed by atoms with Crippen molar-refractivity contribution in [2.75, 3.05) is 23.4 Å². The molecular formula is C19H22N4O2S2. The van der Waals surface area contributed by atoms with Crippen molar-refractivity contribution in [1.29, 1.82) is 0 Å². The third kappa shape index (κ3) is 4.51. The first-order valence-corrected chi connectivity index (χ1v) is 11.2. The number of benzene rings is 2. The van der Waals surface area contributed by atoms with Crippen molar-refractivity contribution in [3.05, 3.63) is 59.2 Å². The summed E-state index contributed by atoms with van der Waals surface area (Å²) in [4.78, 5) is 4.70. The number of thioether (sulfide) groups is 1. The van der Waals surface area contributed by atoms with E-state index in [0.717, 1.165) is 33.3 Å². The summed E-state index contributed by atoms with van der Waals surface area (Å²) < 4.78 is 24.5. The van der Waals surface area contributed by atoms with Crippen LogP contribution in [0.15, 0.2) is 52.6 Å². The number of hydrazone groups is 1. The number of nitrogens with zero attached hydrogens (tertiary/aromatic N) is 3. The first-order valence-electron chi connectivity index (χ1n) is 8.40. The first-order chi connectivity index (χ1) is 12.8. The van der Waals surface area contributed by atoms with Crippen molar-refractivity contribution in [2.24, 2.45) is 10.1 Å². The number of rotatable bonds is 4. The molecule has 0 aliphatic carbocycles. The molecule has 0 fully saturated rings. The number of sulfonamides is 1. The van der Waals surface area contributed by atoms with Crippen LogP contribution in [0, 0.1) is 13.8 Å². The molecule has 0 spiro atoms. The van der Waals surface area contributed by atoms with Crippen molar-refractivity contribution in [3.63, 3.8) is 0 Å². The molecule has 2 aromatic carbocycles. The largest absolute Gasteiger partial charge is 0.274 e. The van der Waals surface area contributed by atoms with Gasteiger partial charge in [-0.3, -0.25) is 9.73 Å². The van der Waals surface area contributed by atoms with Crippen LogP contribution in [-0.2, 0) is 10.0 Å². The quantitative estimate of drug-likeness (QED) is 0.850. The van der Waals surface area contributed by atoms with Gasteiger partial charge in [-0.05, 0) is 42.7 Å². The van der Waals surface area contributed by atoms with E-state index in [4.69, 9.17) is 4.99 Å². The van der Waals surface area contributed by atoms with Crippen molar-refractivity contribution in [2.45, 2.75) is 13.8 Å². The van der Waals surface area contributed by atoms with Gasteiger partial charge in [-0.2, -0.15) is 5.10 Å². The number of nitrogens with one attached hydrogen (secondary N) is 1. The normalized spacial score (nSPS) is 16.0. The molecule has 0 unspecified atom stereocenters. The summed E-state index contributed by atoms with van der Waals surface area (Å²) in [6.45, 7) is 4.09. The summed E-state index contributed by atoms with van der Waals surface area (Å²) in [5.41, 5.74) is 8.73. The highest BCUT2D eigenvalue weighted by molar-refractivity contribution is 8.14. The van der Waals surface area contributed by atoms with Crippen LogP contribution in [0.3, 0.4) is 0 Å². The Labute approximate surface area is 164 Å². The van der Waals surface area contributed by atoms with E-state index >= 15 is 0 Å². The Bertz CT molecular complexity index is 992. The fourth-order valence-electron chi connectivity index (χ4n) is 2.66. The summed E-state index contributed by atoms with van der Waals surface area (Å²) in [6, 6.07) is 13.4. The molecule has 6 nitrogen and oxygen atoms in total. The lowest BCUT2D eigenvalue weighted by Gasteiger charge is -2.18. The Balaban J connectivity index is 1.77. The molecule has 1 aliphatic heterocycles. The summed E-state index contributed by atoms with van der Waals surface area (Å²) in [5.74, 6) is 0.692. The van der Waals surface area contributed by atoms with Crippen LogP contribution in [0.1, 0.15) is 16.7 Å². The molecule has 27 heavy (non-hydrogen) atoms. The van der Waals surface area contributed by atoms with Gasteiger partial charge < -0.3 is 0 Å². The Morgan fingerprint density at radius 2 is 1.74 bits per heavy atom. The van der Waals surface area contributed by atoms with E-state index in [1.165, 1.54) is 17.6 Å². The highest BCUT2D eigenvalue weighted by atomic mass is 32.2. The van der Waals surface area contributed by atoms with Crippen LogP contribution in [0.2, 0.25) is 0 Å². The van der Waals surface area contributed by atoms with Crippen molar-refractivity contribution in [1.82, 2.24) is 5.43 Å². The smallest absolute Gasteiger partial charge is 0.231 e. The van der Waals surface area contributed by atoms with Gasteiger partial charge in [0.25, 0.3) is 0 Å². The molecule has 0 saturated heterocycles. The average Bonchev–Trinajstić information content (AvgIpc) is 2.64. The third-order valence-corrected chi connectivity index (χ3v) is 6.43.